The van der Waals surface area contributed by atoms with Gasteiger partial charge in [0.1, 0.15) is 16.9 Å². The molecule has 1 amide bonds. The fraction of sp³-hybridized carbons (Fsp3) is 0.115. The fourth-order valence-electron chi connectivity index (χ4n) is 3.34. The van der Waals surface area contributed by atoms with Crippen LogP contribution in [-0.4, -0.2) is 18.4 Å². The minimum absolute atomic E-state index is 0.0739. The first-order chi connectivity index (χ1) is 15.5. The van der Waals surface area contributed by atoms with E-state index in [0.717, 1.165) is 11.1 Å². The molecular formula is C26H21NO5. The van der Waals surface area contributed by atoms with E-state index in [-0.39, 0.29) is 16.9 Å². The molecule has 0 aliphatic rings. The molecule has 4 rings (SSSR count). The third-order valence-electron chi connectivity index (χ3n) is 5.07. The van der Waals surface area contributed by atoms with E-state index < -0.39 is 17.5 Å². The fourth-order valence-corrected chi connectivity index (χ4v) is 3.34. The number of hydrogen-bond donors (Lipinski definition) is 1. The van der Waals surface area contributed by atoms with Crippen LogP contribution < -0.4 is 15.7 Å². The average molecular weight is 427 g/mol. The molecule has 0 saturated carbocycles. The van der Waals surface area contributed by atoms with Crippen LogP contribution in [0.4, 0.5) is 0 Å². The zero-order valence-electron chi connectivity index (χ0n) is 17.5. The van der Waals surface area contributed by atoms with Gasteiger partial charge in [-0.15, -0.1) is 0 Å². The Morgan fingerprint density at radius 1 is 0.906 bits per heavy atom. The predicted octanol–water partition coefficient (Wildman–Crippen LogP) is 4.29. The highest BCUT2D eigenvalue weighted by molar-refractivity contribution is 5.97. The van der Waals surface area contributed by atoms with Crippen LogP contribution in [0.1, 0.15) is 31.8 Å². The van der Waals surface area contributed by atoms with Gasteiger partial charge in [0.25, 0.3) is 5.91 Å². The average Bonchev–Trinajstić information content (AvgIpc) is 2.79. The lowest BCUT2D eigenvalue weighted by Crippen LogP contribution is -2.29. The second-order valence-electron chi connectivity index (χ2n) is 7.34. The van der Waals surface area contributed by atoms with Crippen LogP contribution in [0.5, 0.6) is 5.75 Å². The van der Waals surface area contributed by atoms with Crippen LogP contribution >= 0.6 is 0 Å². The van der Waals surface area contributed by atoms with E-state index in [1.54, 1.807) is 24.3 Å². The lowest BCUT2D eigenvalue weighted by atomic mass is 10.1. The predicted molar refractivity (Wildman–Crippen MR) is 121 cm³/mol. The third-order valence-corrected chi connectivity index (χ3v) is 5.07. The minimum Gasteiger partial charge on any atom is -0.423 e. The molecule has 3 aromatic carbocycles. The van der Waals surface area contributed by atoms with Gasteiger partial charge in [-0.2, -0.15) is 0 Å². The van der Waals surface area contributed by atoms with Gasteiger partial charge in [-0.05, 0) is 48.7 Å². The van der Waals surface area contributed by atoms with E-state index in [4.69, 9.17) is 9.15 Å². The molecule has 32 heavy (non-hydrogen) atoms. The van der Waals surface area contributed by atoms with Crippen LogP contribution in [0.25, 0.3) is 11.0 Å². The smallest absolute Gasteiger partial charge is 0.349 e. The summed E-state index contributed by atoms with van der Waals surface area (Å²) in [7, 11) is 0. The Morgan fingerprint density at radius 2 is 1.66 bits per heavy atom. The van der Waals surface area contributed by atoms with Gasteiger partial charge in [0.05, 0.1) is 5.56 Å². The number of benzene rings is 3. The van der Waals surface area contributed by atoms with E-state index >= 15 is 0 Å². The number of fused-ring (bicyclic) bond motifs is 1. The minimum atomic E-state index is -0.753. The van der Waals surface area contributed by atoms with Crippen molar-refractivity contribution >= 4 is 22.8 Å². The summed E-state index contributed by atoms with van der Waals surface area (Å²) >= 11 is 0. The highest BCUT2D eigenvalue weighted by Crippen LogP contribution is 2.22. The monoisotopic (exact) mass is 427 g/mol. The molecule has 0 fully saturated rings. The molecule has 0 atom stereocenters. The summed E-state index contributed by atoms with van der Waals surface area (Å²) in [5, 5.41) is 3.30. The summed E-state index contributed by atoms with van der Waals surface area (Å²) in [5.41, 5.74) is 1.74. The van der Waals surface area contributed by atoms with Crippen molar-refractivity contribution in [3.8, 4) is 5.75 Å². The Balaban J connectivity index is 1.48. The van der Waals surface area contributed by atoms with Gasteiger partial charge in [-0.1, -0.05) is 48.5 Å². The second kappa shape index (κ2) is 9.31. The SMILES string of the molecule is Cc1ccccc1C(=O)Oc1ccc2cc(C(=O)NCCc3ccccc3)c(=O)oc2c1. The Kier molecular flexibility index (Phi) is 6.12. The van der Waals surface area contributed by atoms with Gasteiger partial charge in [-0.3, -0.25) is 4.79 Å². The van der Waals surface area contributed by atoms with Crippen molar-refractivity contribution in [3.05, 3.63) is 112 Å². The molecule has 0 spiro atoms. The molecule has 1 heterocycles. The van der Waals surface area contributed by atoms with Gasteiger partial charge in [0, 0.05) is 18.0 Å². The van der Waals surface area contributed by atoms with Crippen LogP contribution in [0.3, 0.4) is 0 Å². The van der Waals surface area contributed by atoms with E-state index in [1.165, 1.54) is 12.1 Å². The molecule has 0 aliphatic carbocycles. The number of carbonyl (C=O) groups is 2. The number of ether oxygens (including phenoxy) is 1. The molecule has 4 aromatic rings. The molecule has 0 unspecified atom stereocenters. The quantitative estimate of drug-likeness (QED) is 0.282. The number of carbonyl (C=O) groups excluding carboxylic acids is 2. The van der Waals surface area contributed by atoms with Crippen LogP contribution in [0, 0.1) is 6.92 Å². The molecule has 0 radical (unpaired) electrons. The largest absolute Gasteiger partial charge is 0.423 e. The summed E-state index contributed by atoms with van der Waals surface area (Å²) in [5.74, 6) is -0.750. The van der Waals surface area contributed by atoms with Crippen molar-refractivity contribution in [1.29, 1.82) is 0 Å². The van der Waals surface area contributed by atoms with Crippen molar-refractivity contribution in [2.45, 2.75) is 13.3 Å². The Morgan fingerprint density at radius 3 is 2.44 bits per heavy atom. The molecule has 1 N–H and O–H groups in total. The van der Waals surface area contributed by atoms with E-state index in [0.29, 0.717) is 23.9 Å². The highest BCUT2D eigenvalue weighted by atomic mass is 16.5. The first kappa shape index (κ1) is 21.1. The highest BCUT2D eigenvalue weighted by Gasteiger charge is 2.15. The van der Waals surface area contributed by atoms with Gasteiger partial charge in [0.2, 0.25) is 0 Å². The van der Waals surface area contributed by atoms with Gasteiger partial charge < -0.3 is 14.5 Å². The zero-order valence-corrected chi connectivity index (χ0v) is 17.5. The van der Waals surface area contributed by atoms with Crippen molar-refractivity contribution < 1.29 is 18.7 Å². The molecule has 0 bridgehead atoms. The second-order valence-corrected chi connectivity index (χ2v) is 7.34. The summed E-state index contributed by atoms with van der Waals surface area (Å²) in [6.45, 7) is 2.22. The Bertz CT molecular complexity index is 1340. The maximum atomic E-state index is 12.5. The molecular weight excluding hydrogens is 406 g/mol. The molecule has 6 heteroatoms. The third kappa shape index (κ3) is 4.75. The van der Waals surface area contributed by atoms with Crippen LogP contribution in [0.2, 0.25) is 0 Å². The molecule has 6 nitrogen and oxygen atoms in total. The van der Waals surface area contributed by atoms with E-state index in [2.05, 4.69) is 5.32 Å². The van der Waals surface area contributed by atoms with E-state index in [9.17, 15) is 14.4 Å². The summed E-state index contributed by atoms with van der Waals surface area (Å²) in [6, 6.07) is 23.0. The van der Waals surface area contributed by atoms with Crippen LogP contribution in [-0.2, 0) is 6.42 Å². The Hall–Kier alpha value is -4.19. The number of amides is 1. The van der Waals surface area contributed by atoms with Crippen molar-refractivity contribution in [2.24, 2.45) is 0 Å². The molecule has 1 aromatic heterocycles. The first-order valence-corrected chi connectivity index (χ1v) is 10.2. The number of esters is 1. The maximum absolute atomic E-state index is 12.5. The van der Waals surface area contributed by atoms with E-state index in [1.807, 2.05) is 49.4 Å². The first-order valence-electron chi connectivity index (χ1n) is 10.2. The maximum Gasteiger partial charge on any atom is 0.349 e. The lowest BCUT2D eigenvalue weighted by Gasteiger charge is -2.08. The topological polar surface area (TPSA) is 85.6 Å². The standard InChI is InChI=1S/C26H21NO5/c1-17-7-5-6-10-21(17)25(29)31-20-12-11-19-15-22(26(30)32-23(19)16-20)24(28)27-14-13-18-8-3-2-4-9-18/h2-12,15-16H,13-14H2,1H3,(H,27,28). The molecule has 0 aliphatic heterocycles. The van der Waals surface area contributed by atoms with Crippen LogP contribution in [0.15, 0.2) is 88.1 Å². The number of rotatable bonds is 6. The van der Waals surface area contributed by atoms with Gasteiger partial charge in [-0.25, -0.2) is 9.59 Å². The number of nitrogens with one attached hydrogen (secondary N) is 1. The molecule has 160 valence electrons. The number of aryl methyl sites for hydroxylation is 1. The lowest BCUT2D eigenvalue weighted by molar-refractivity contribution is 0.0734. The van der Waals surface area contributed by atoms with Crippen molar-refractivity contribution in [1.82, 2.24) is 5.32 Å². The van der Waals surface area contributed by atoms with Crippen molar-refractivity contribution in [2.75, 3.05) is 6.54 Å². The van der Waals surface area contributed by atoms with Gasteiger partial charge in [0.15, 0.2) is 0 Å². The number of hydrogen-bond acceptors (Lipinski definition) is 5. The molecule has 0 saturated heterocycles. The summed E-state index contributed by atoms with van der Waals surface area (Å²) in [6.07, 6.45) is 0.654. The van der Waals surface area contributed by atoms with Crippen molar-refractivity contribution in [3.63, 3.8) is 0 Å². The summed E-state index contributed by atoms with van der Waals surface area (Å²) in [4.78, 5) is 37.2. The normalized spacial score (nSPS) is 10.7. The zero-order chi connectivity index (χ0) is 22.5. The Labute approximate surface area is 184 Å². The van der Waals surface area contributed by atoms with Gasteiger partial charge >= 0.3 is 11.6 Å². The summed E-state index contributed by atoms with van der Waals surface area (Å²) < 4.78 is 10.7.